The number of urea groups is 1. The minimum absolute atomic E-state index is 0.0118. The monoisotopic (exact) mass is 470 g/mol. The first-order valence-corrected chi connectivity index (χ1v) is 11.4. The molecule has 7 nitrogen and oxygen atoms in total. The zero-order valence-corrected chi connectivity index (χ0v) is 19.2. The zero-order chi connectivity index (χ0) is 24.0. The van der Waals surface area contributed by atoms with Crippen molar-refractivity contribution >= 4 is 22.6 Å². The first-order valence-electron chi connectivity index (χ1n) is 11.4. The van der Waals surface area contributed by atoms with Crippen LogP contribution in [-0.2, 0) is 12.5 Å². The minimum Gasteiger partial charge on any atom is -0.497 e. The van der Waals surface area contributed by atoms with Gasteiger partial charge < -0.3 is 29.9 Å². The van der Waals surface area contributed by atoms with Gasteiger partial charge in [-0.15, -0.1) is 0 Å². The molecular formula is C25H28F2N4O3. The van der Waals surface area contributed by atoms with Crippen molar-refractivity contribution in [2.24, 2.45) is 7.05 Å². The zero-order valence-electron chi connectivity index (χ0n) is 19.2. The number of likely N-dealkylation sites (tertiary alicyclic amines) is 1. The number of ether oxygens (including phenoxy) is 1. The molecule has 2 amide bonds. The van der Waals surface area contributed by atoms with Crippen LogP contribution in [0.15, 0.2) is 36.4 Å². The fraction of sp³-hybridized carbons (Fsp3) is 0.400. The third-order valence-electron chi connectivity index (χ3n) is 7.36. The van der Waals surface area contributed by atoms with Crippen molar-refractivity contribution in [2.45, 2.75) is 24.3 Å². The van der Waals surface area contributed by atoms with Crippen molar-refractivity contribution in [3.05, 3.63) is 59.3 Å². The molecule has 0 unspecified atom stereocenters. The van der Waals surface area contributed by atoms with Gasteiger partial charge in [-0.2, -0.15) is 0 Å². The SMILES string of the molecule is COc1ccc2c3c(n(C)c2c1)[C@H](CO)NCC31CCN(C(=O)Nc2ccc(F)cc2F)CC1. The van der Waals surface area contributed by atoms with Crippen LogP contribution in [-0.4, -0.2) is 54.0 Å². The molecule has 9 heteroatoms. The molecular weight excluding hydrogens is 442 g/mol. The van der Waals surface area contributed by atoms with Gasteiger partial charge in [-0.05, 0) is 42.7 Å². The number of carbonyl (C=O) groups excluding carboxylic acids is 1. The number of carbonyl (C=O) groups is 1. The van der Waals surface area contributed by atoms with Gasteiger partial charge in [0.1, 0.15) is 17.4 Å². The molecule has 1 atom stereocenters. The first-order chi connectivity index (χ1) is 16.4. The number of aryl methyl sites for hydroxylation is 1. The van der Waals surface area contributed by atoms with Gasteiger partial charge in [0.2, 0.25) is 0 Å². The van der Waals surface area contributed by atoms with Crippen LogP contribution in [0.1, 0.15) is 30.1 Å². The van der Waals surface area contributed by atoms with E-state index in [4.69, 9.17) is 4.74 Å². The number of methoxy groups -OCH3 is 1. The van der Waals surface area contributed by atoms with Gasteiger partial charge in [0.15, 0.2) is 0 Å². The van der Waals surface area contributed by atoms with Crippen LogP contribution >= 0.6 is 0 Å². The molecule has 2 aromatic carbocycles. The average Bonchev–Trinajstić information content (AvgIpc) is 3.14. The Bertz CT molecular complexity index is 1250. The Hall–Kier alpha value is -3.17. The number of aromatic nitrogens is 1. The van der Waals surface area contributed by atoms with Crippen LogP contribution in [0.4, 0.5) is 19.3 Å². The number of aliphatic hydroxyl groups excluding tert-OH is 1. The number of amides is 2. The maximum atomic E-state index is 14.0. The van der Waals surface area contributed by atoms with E-state index in [1.165, 1.54) is 11.6 Å². The lowest BCUT2D eigenvalue weighted by Gasteiger charge is -2.46. The lowest BCUT2D eigenvalue weighted by atomic mass is 9.69. The number of halogens is 2. The van der Waals surface area contributed by atoms with Crippen LogP contribution < -0.4 is 15.4 Å². The van der Waals surface area contributed by atoms with Crippen LogP contribution in [0.25, 0.3) is 10.9 Å². The van der Waals surface area contributed by atoms with E-state index < -0.39 is 17.7 Å². The molecule has 1 spiro atoms. The molecule has 2 aliphatic heterocycles. The van der Waals surface area contributed by atoms with Crippen molar-refractivity contribution in [3.8, 4) is 5.75 Å². The van der Waals surface area contributed by atoms with Crippen molar-refractivity contribution < 1.29 is 23.4 Å². The van der Waals surface area contributed by atoms with E-state index in [9.17, 15) is 18.7 Å². The fourth-order valence-corrected chi connectivity index (χ4v) is 5.53. The Morgan fingerprint density at radius 3 is 2.68 bits per heavy atom. The average molecular weight is 471 g/mol. The quantitative estimate of drug-likeness (QED) is 0.546. The number of anilines is 1. The Balaban J connectivity index is 1.43. The highest BCUT2D eigenvalue weighted by Crippen LogP contribution is 2.47. The smallest absolute Gasteiger partial charge is 0.321 e. The third kappa shape index (κ3) is 3.59. The number of piperidine rings is 1. The van der Waals surface area contributed by atoms with Crippen molar-refractivity contribution in [2.75, 3.05) is 38.7 Å². The molecule has 34 heavy (non-hydrogen) atoms. The highest BCUT2D eigenvalue weighted by molar-refractivity contribution is 5.90. The molecule has 0 radical (unpaired) electrons. The summed E-state index contributed by atoms with van der Waals surface area (Å²) >= 11 is 0. The van der Waals surface area contributed by atoms with Crippen LogP contribution in [0, 0.1) is 11.6 Å². The van der Waals surface area contributed by atoms with Gasteiger partial charge in [-0.3, -0.25) is 0 Å². The highest BCUT2D eigenvalue weighted by Gasteiger charge is 2.45. The lowest BCUT2D eigenvalue weighted by molar-refractivity contribution is 0.148. The number of nitrogens with zero attached hydrogens (tertiary/aromatic N) is 2. The fourth-order valence-electron chi connectivity index (χ4n) is 5.53. The molecule has 1 aromatic heterocycles. The Kier molecular flexibility index (Phi) is 5.69. The van der Waals surface area contributed by atoms with Gasteiger partial charge in [0.25, 0.3) is 0 Å². The molecule has 0 bridgehead atoms. The summed E-state index contributed by atoms with van der Waals surface area (Å²) in [6, 6.07) is 8.55. The summed E-state index contributed by atoms with van der Waals surface area (Å²) in [5.74, 6) is -0.721. The molecule has 0 aliphatic carbocycles. The largest absolute Gasteiger partial charge is 0.497 e. The van der Waals surface area contributed by atoms with E-state index >= 15 is 0 Å². The summed E-state index contributed by atoms with van der Waals surface area (Å²) in [5, 5.41) is 17.2. The molecule has 1 fully saturated rings. The summed E-state index contributed by atoms with van der Waals surface area (Å²) < 4.78 is 34.7. The van der Waals surface area contributed by atoms with Crippen LogP contribution in [0.2, 0.25) is 0 Å². The molecule has 5 rings (SSSR count). The molecule has 2 aliphatic rings. The number of benzene rings is 2. The summed E-state index contributed by atoms with van der Waals surface area (Å²) in [5.41, 5.74) is 3.07. The van der Waals surface area contributed by atoms with Crippen molar-refractivity contribution in [1.29, 1.82) is 0 Å². The maximum absolute atomic E-state index is 14.0. The lowest BCUT2D eigenvalue weighted by Crippen LogP contribution is -2.54. The third-order valence-corrected chi connectivity index (χ3v) is 7.36. The van der Waals surface area contributed by atoms with Crippen molar-refractivity contribution in [1.82, 2.24) is 14.8 Å². The minimum atomic E-state index is -0.802. The summed E-state index contributed by atoms with van der Waals surface area (Å²) in [6.45, 7) is 1.67. The van der Waals surface area contributed by atoms with Crippen LogP contribution in [0.3, 0.4) is 0 Å². The number of hydrogen-bond acceptors (Lipinski definition) is 4. The van der Waals surface area contributed by atoms with Gasteiger partial charge in [-0.25, -0.2) is 13.6 Å². The van der Waals surface area contributed by atoms with E-state index in [0.29, 0.717) is 19.6 Å². The summed E-state index contributed by atoms with van der Waals surface area (Å²) in [7, 11) is 3.64. The molecule has 1 saturated heterocycles. The number of hydrogen-bond donors (Lipinski definition) is 3. The topological polar surface area (TPSA) is 78.8 Å². The van der Waals surface area contributed by atoms with Gasteiger partial charge in [-0.1, -0.05) is 0 Å². The molecule has 0 saturated carbocycles. The Labute approximate surface area is 196 Å². The normalized spacial score (nSPS) is 19.3. The molecule has 3 heterocycles. The predicted molar refractivity (Wildman–Crippen MR) is 125 cm³/mol. The second-order valence-electron chi connectivity index (χ2n) is 9.14. The van der Waals surface area contributed by atoms with Gasteiger partial charge >= 0.3 is 6.03 Å². The Morgan fingerprint density at radius 2 is 2.00 bits per heavy atom. The molecule has 180 valence electrons. The van der Waals surface area contributed by atoms with E-state index in [0.717, 1.165) is 47.3 Å². The predicted octanol–water partition coefficient (Wildman–Crippen LogP) is 3.67. The van der Waals surface area contributed by atoms with Crippen LogP contribution in [0.5, 0.6) is 5.75 Å². The van der Waals surface area contributed by atoms with E-state index in [2.05, 4.69) is 21.3 Å². The first kappa shape index (κ1) is 22.6. The van der Waals surface area contributed by atoms with Gasteiger partial charge in [0.05, 0.1) is 31.0 Å². The Morgan fingerprint density at radius 1 is 1.24 bits per heavy atom. The number of aliphatic hydroxyl groups is 1. The number of fused-ring (bicyclic) bond motifs is 4. The van der Waals surface area contributed by atoms with Crippen molar-refractivity contribution in [3.63, 3.8) is 0 Å². The summed E-state index contributed by atoms with van der Waals surface area (Å²) in [6.07, 6.45) is 1.44. The van der Waals surface area contributed by atoms with Gasteiger partial charge in [0, 0.05) is 55.3 Å². The highest BCUT2D eigenvalue weighted by atomic mass is 19.1. The van der Waals surface area contributed by atoms with E-state index in [-0.39, 0.29) is 23.8 Å². The summed E-state index contributed by atoms with van der Waals surface area (Å²) in [4.78, 5) is 14.5. The molecule has 3 aromatic rings. The van der Waals surface area contributed by atoms with E-state index in [1.54, 1.807) is 12.0 Å². The maximum Gasteiger partial charge on any atom is 0.321 e. The standard InChI is InChI=1S/C25H28F2N4O3/c1-30-21-12-16(34-2)4-5-17(21)22-23(30)20(13-32)28-14-25(22)7-9-31(10-8-25)24(33)29-19-6-3-15(26)11-18(19)27/h3-6,11-12,20,28,32H,7-10,13-14H2,1-2H3,(H,29,33)/t20-/m0/s1. The number of rotatable bonds is 3. The second-order valence-corrected chi connectivity index (χ2v) is 9.14. The van der Waals surface area contributed by atoms with E-state index in [1.807, 2.05) is 19.2 Å². The number of nitrogens with one attached hydrogen (secondary N) is 2. The second kappa shape index (κ2) is 8.56. The molecule has 3 N–H and O–H groups in total.